The third kappa shape index (κ3) is 5.78. The zero-order valence-corrected chi connectivity index (χ0v) is 16.8. The molecule has 1 amide bonds. The van der Waals surface area contributed by atoms with Crippen LogP contribution in [0, 0.1) is 5.92 Å². The van der Waals surface area contributed by atoms with Gasteiger partial charge in [0.25, 0.3) is 5.91 Å². The number of amides is 1. The summed E-state index contributed by atoms with van der Waals surface area (Å²) in [5.74, 6) is -0.127. The summed E-state index contributed by atoms with van der Waals surface area (Å²) < 4.78 is 35.9. The number of benzene rings is 2. The second kappa shape index (κ2) is 10.2. The minimum absolute atomic E-state index is 0.0638. The van der Waals surface area contributed by atoms with Crippen molar-refractivity contribution in [2.24, 2.45) is 5.92 Å². The van der Waals surface area contributed by atoms with Crippen molar-refractivity contribution in [3.05, 3.63) is 48.0 Å². The number of carbonyl (C=O) groups is 2. The van der Waals surface area contributed by atoms with E-state index in [4.69, 9.17) is 4.74 Å². The predicted octanol–water partition coefficient (Wildman–Crippen LogP) is 5.19. The summed E-state index contributed by atoms with van der Waals surface area (Å²) in [5.41, 5.74) is 1.18. The highest BCUT2D eigenvalue weighted by molar-refractivity contribution is 5.95. The van der Waals surface area contributed by atoms with E-state index in [1.54, 1.807) is 24.3 Å². The fraction of sp³-hybridized carbons (Fsp3) is 0.391. The van der Waals surface area contributed by atoms with E-state index in [1.807, 2.05) is 0 Å². The van der Waals surface area contributed by atoms with Gasteiger partial charge >= 0.3 is 12.6 Å². The number of nitrogens with one attached hydrogen (secondary N) is 1. The largest absolute Gasteiger partial charge is 0.434 e. The highest BCUT2D eigenvalue weighted by Gasteiger charge is 2.20. The van der Waals surface area contributed by atoms with Crippen molar-refractivity contribution < 1.29 is 27.8 Å². The topological polar surface area (TPSA) is 64.6 Å². The molecule has 7 heteroatoms. The van der Waals surface area contributed by atoms with Gasteiger partial charge in [-0.2, -0.15) is 8.78 Å². The predicted molar refractivity (Wildman–Crippen MR) is 109 cm³/mol. The molecule has 0 radical (unpaired) electrons. The fourth-order valence-corrected chi connectivity index (χ4v) is 3.77. The molecule has 0 atom stereocenters. The highest BCUT2D eigenvalue weighted by Crippen LogP contribution is 2.35. The molecular formula is C23H25F2NO4. The molecule has 0 heterocycles. The molecule has 2 aromatic carbocycles. The molecule has 30 heavy (non-hydrogen) atoms. The first-order valence-corrected chi connectivity index (χ1v) is 10.1. The molecule has 1 fully saturated rings. The molecule has 0 aromatic heterocycles. The number of halogens is 2. The van der Waals surface area contributed by atoms with E-state index in [0.29, 0.717) is 29.0 Å². The quantitative estimate of drug-likeness (QED) is 0.497. The van der Waals surface area contributed by atoms with Crippen LogP contribution in [0.1, 0.15) is 48.9 Å². The molecule has 0 saturated heterocycles. The first-order valence-electron chi connectivity index (χ1n) is 10.1. The molecule has 1 N–H and O–H groups in total. The zero-order chi connectivity index (χ0) is 21.5. The van der Waals surface area contributed by atoms with E-state index in [9.17, 15) is 18.4 Å². The number of rotatable bonds is 7. The van der Waals surface area contributed by atoms with E-state index in [0.717, 1.165) is 25.7 Å². The molecule has 0 unspecified atom stereocenters. The summed E-state index contributed by atoms with van der Waals surface area (Å²) in [5, 5.41) is 2.52. The molecule has 1 saturated carbocycles. The average molecular weight is 417 g/mol. The van der Waals surface area contributed by atoms with E-state index < -0.39 is 6.61 Å². The number of alkyl halides is 2. The Morgan fingerprint density at radius 1 is 1.10 bits per heavy atom. The van der Waals surface area contributed by atoms with Crippen LogP contribution in [0.3, 0.4) is 0 Å². The SMILES string of the molecule is CNC(=O)c1cccc(-c2cc(OC(=O)CC3CCCCC3)ccc2OC(F)F)c1. The summed E-state index contributed by atoms with van der Waals surface area (Å²) in [6.07, 6.45) is 5.85. The Balaban J connectivity index is 1.85. The second-order valence-electron chi connectivity index (χ2n) is 7.38. The Kier molecular flexibility index (Phi) is 7.38. The summed E-state index contributed by atoms with van der Waals surface area (Å²) >= 11 is 0. The lowest BCUT2D eigenvalue weighted by Crippen LogP contribution is -2.17. The Morgan fingerprint density at radius 3 is 2.57 bits per heavy atom. The highest BCUT2D eigenvalue weighted by atomic mass is 19.3. The number of esters is 1. The van der Waals surface area contributed by atoms with Crippen molar-refractivity contribution >= 4 is 11.9 Å². The van der Waals surface area contributed by atoms with Gasteiger partial charge in [-0.1, -0.05) is 31.4 Å². The first kappa shape index (κ1) is 21.7. The molecule has 0 aliphatic heterocycles. The van der Waals surface area contributed by atoms with Crippen molar-refractivity contribution in [1.29, 1.82) is 0 Å². The second-order valence-corrected chi connectivity index (χ2v) is 7.38. The molecule has 1 aliphatic carbocycles. The minimum Gasteiger partial charge on any atom is -0.434 e. The zero-order valence-electron chi connectivity index (χ0n) is 16.8. The standard InChI is InChI=1S/C23H25F2NO4/c1-26-22(28)17-9-5-8-16(13-17)19-14-18(10-11-20(19)30-23(24)25)29-21(27)12-15-6-3-2-4-7-15/h5,8-11,13-15,23H,2-4,6-7,12H2,1H3,(H,26,28). The van der Waals surface area contributed by atoms with Gasteiger partial charge in [0.1, 0.15) is 11.5 Å². The summed E-state index contributed by atoms with van der Waals surface area (Å²) in [4.78, 5) is 24.3. The molecule has 2 aromatic rings. The number of ether oxygens (including phenoxy) is 2. The van der Waals surface area contributed by atoms with Crippen LogP contribution in [0.4, 0.5) is 8.78 Å². The average Bonchev–Trinajstić information content (AvgIpc) is 2.74. The maximum atomic E-state index is 12.9. The fourth-order valence-electron chi connectivity index (χ4n) is 3.77. The monoisotopic (exact) mass is 417 g/mol. The molecule has 0 bridgehead atoms. The summed E-state index contributed by atoms with van der Waals surface area (Å²) in [6, 6.07) is 10.8. The van der Waals surface area contributed by atoms with Gasteiger partial charge in [-0.05, 0) is 54.7 Å². The number of hydrogen-bond acceptors (Lipinski definition) is 4. The van der Waals surface area contributed by atoms with E-state index in [1.165, 1.54) is 31.7 Å². The first-order chi connectivity index (χ1) is 14.5. The maximum Gasteiger partial charge on any atom is 0.387 e. The van der Waals surface area contributed by atoms with Crippen molar-refractivity contribution in [3.8, 4) is 22.6 Å². The molecular weight excluding hydrogens is 392 g/mol. The lowest BCUT2D eigenvalue weighted by atomic mass is 9.87. The van der Waals surface area contributed by atoms with Gasteiger partial charge in [0.05, 0.1) is 0 Å². The third-order valence-corrected chi connectivity index (χ3v) is 5.24. The van der Waals surface area contributed by atoms with Crippen molar-refractivity contribution in [3.63, 3.8) is 0 Å². The van der Waals surface area contributed by atoms with Crippen LogP contribution < -0.4 is 14.8 Å². The maximum absolute atomic E-state index is 12.9. The van der Waals surface area contributed by atoms with Crippen LogP contribution in [0.25, 0.3) is 11.1 Å². The van der Waals surface area contributed by atoms with E-state index in [2.05, 4.69) is 10.1 Å². The lowest BCUT2D eigenvalue weighted by Gasteiger charge is -2.20. The van der Waals surface area contributed by atoms with Crippen LogP contribution in [0.5, 0.6) is 11.5 Å². The lowest BCUT2D eigenvalue weighted by molar-refractivity contribution is -0.135. The van der Waals surface area contributed by atoms with Gasteiger partial charge in [0.2, 0.25) is 0 Å². The Bertz CT molecular complexity index is 895. The molecule has 5 nitrogen and oxygen atoms in total. The molecule has 3 rings (SSSR count). The minimum atomic E-state index is -3.01. The van der Waals surface area contributed by atoms with E-state index in [-0.39, 0.29) is 23.4 Å². The van der Waals surface area contributed by atoms with E-state index >= 15 is 0 Å². The van der Waals surface area contributed by atoms with Gasteiger partial charge in [-0.3, -0.25) is 9.59 Å². The van der Waals surface area contributed by atoms with Crippen LogP contribution in [0.15, 0.2) is 42.5 Å². The van der Waals surface area contributed by atoms with Crippen LogP contribution in [0.2, 0.25) is 0 Å². The van der Waals surface area contributed by atoms with Crippen LogP contribution in [-0.2, 0) is 4.79 Å². The van der Waals surface area contributed by atoms with Gasteiger partial charge in [0.15, 0.2) is 0 Å². The molecule has 0 spiro atoms. The van der Waals surface area contributed by atoms with Gasteiger partial charge in [-0.15, -0.1) is 0 Å². The van der Waals surface area contributed by atoms with Crippen molar-refractivity contribution in [1.82, 2.24) is 5.32 Å². The van der Waals surface area contributed by atoms with Crippen LogP contribution >= 0.6 is 0 Å². The summed E-state index contributed by atoms with van der Waals surface area (Å²) in [7, 11) is 1.51. The Labute approximate surface area is 174 Å². The van der Waals surface area contributed by atoms with Crippen LogP contribution in [-0.4, -0.2) is 25.5 Å². The van der Waals surface area contributed by atoms with Gasteiger partial charge < -0.3 is 14.8 Å². The molecule has 1 aliphatic rings. The number of carbonyl (C=O) groups excluding carboxylic acids is 2. The Hall–Kier alpha value is -2.96. The van der Waals surface area contributed by atoms with Gasteiger partial charge in [-0.25, -0.2) is 0 Å². The van der Waals surface area contributed by atoms with Gasteiger partial charge in [0, 0.05) is 24.6 Å². The van der Waals surface area contributed by atoms with Crippen molar-refractivity contribution in [2.45, 2.75) is 45.1 Å². The number of hydrogen-bond donors (Lipinski definition) is 1. The third-order valence-electron chi connectivity index (χ3n) is 5.24. The molecule has 160 valence electrons. The normalized spacial score (nSPS) is 14.4. The Morgan fingerprint density at radius 2 is 1.87 bits per heavy atom. The summed E-state index contributed by atoms with van der Waals surface area (Å²) in [6.45, 7) is -3.01. The van der Waals surface area contributed by atoms with Crippen molar-refractivity contribution in [2.75, 3.05) is 7.05 Å². The smallest absolute Gasteiger partial charge is 0.387 e.